The maximum atomic E-state index is 10.5. The molecule has 0 aliphatic rings. The van der Waals surface area contributed by atoms with Crippen molar-refractivity contribution in [2.24, 2.45) is 0 Å². The van der Waals surface area contributed by atoms with Crippen LogP contribution in [0.2, 0.25) is 0 Å². The number of likely N-dealkylation sites (N-methyl/N-ethyl adjacent to an activating group) is 1. The standard InChI is InChI=1S/C9H15NO2/c1-4-7(2)5-6-8(10-3)9(11)12/h5-6,10H,4H2,1-3H3,(H,11,12)/b7-5+,8-6-. The molecule has 0 aliphatic carbocycles. The Hall–Kier alpha value is -1.25. The fourth-order valence-electron chi connectivity index (χ4n) is 0.605. The smallest absolute Gasteiger partial charge is 0.351 e. The molecule has 68 valence electrons. The molecule has 0 fully saturated rings. The molecule has 12 heavy (non-hydrogen) atoms. The van der Waals surface area contributed by atoms with Gasteiger partial charge in [0, 0.05) is 7.05 Å². The topological polar surface area (TPSA) is 49.3 Å². The van der Waals surface area contributed by atoms with E-state index in [0.29, 0.717) is 0 Å². The highest BCUT2D eigenvalue weighted by Crippen LogP contribution is 1.99. The number of nitrogens with one attached hydrogen (secondary N) is 1. The third-order valence-corrected chi connectivity index (χ3v) is 1.59. The van der Waals surface area contributed by atoms with Crippen LogP contribution in [0.5, 0.6) is 0 Å². The highest BCUT2D eigenvalue weighted by Gasteiger charge is 2.00. The van der Waals surface area contributed by atoms with E-state index in [1.165, 1.54) is 0 Å². The number of aliphatic carboxylic acids is 1. The molecule has 0 amide bonds. The van der Waals surface area contributed by atoms with Gasteiger partial charge in [0.2, 0.25) is 0 Å². The summed E-state index contributed by atoms with van der Waals surface area (Å²) in [5.74, 6) is -0.933. The number of carboxylic acid groups (broad SMARTS) is 1. The summed E-state index contributed by atoms with van der Waals surface area (Å²) in [6.07, 6.45) is 4.31. The Morgan fingerprint density at radius 3 is 2.42 bits per heavy atom. The van der Waals surface area contributed by atoms with E-state index in [0.717, 1.165) is 12.0 Å². The Morgan fingerprint density at radius 1 is 1.50 bits per heavy atom. The van der Waals surface area contributed by atoms with Crippen LogP contribution in [0, 0.1) is 0 Å². The Balaban J connectivity index is 4.40. The van der Waals surface area contributed by atoms with Gasteiger partial charge in [0.15, 0.2) is 0 Å². The molecule has 0 bridgehead atoms. The SMILES string of the molecule is CC/C(C)=C/C=C(\NC)C(=O)O. The zero-order valence-electron chi connectivity index (χ0n) is 7.72. The van der Waals surface area contributed by atoms with Crippen molar-refractivity contribution < 1.29 is 9.90 Å². The number of allylic oxidation sites excluding steroid dienone is 3. The maximum Gasteiger partial charge on any atom is 0.351 e. The molecule has 0 aromatic rings. The van der Waals surface area contributed by atoms with Crippen LogP contribution in [-0.4, -0.2) is 18.1 Å². The summed E-state index contributed by atoms with van der Waals surface area (Å²) in [5, 5.41) is 11.2. The Labute approximate surface area is 72.8 Å². The molecule has 0 saturated heterocycles. The number of hydrogen-bond acceptors (Lipinski definition) is 2. The Bertz CT molecular complexity index is 217. The van der Waals surface area contributed by atoms with Crippen LogP contribution < -0.4 is 5.32 Å². The lowest BCUT2D eigenvalue weighted by molar-refractivity contribution is -0.133. The molecule has 0 atom stereocenters. The minimum Gasteiger partial charge on any atom is -0.477 e. The second-order valence-electron chi connectivity index (χ2n) is 2.50. The molecule has 0 spiro atoms. The van der Waals surface area contributed by atoms with E-state index < -0.39 is 5.97 Å². The zero-order chi connectivity index (χ0) is 9.56. The predicted molar refractivity (Wildman–Crippen MR) is 48.8 cm³/mol. The molecule has 0 aliphatic heterocycles. The summed E-state index contributed by atoms with van der Waals surface area (Å²) in [4.78, 5) is 10.5. The number of rotatable bonds is 4. The van der Waals surface area contributed by atoms with Gasteiger partial charge in [-0.05, 0) is 19.4 Å². The summed E-state index contributed by atoms with van der Waals surface area (Å²) in [6.45, 7) is 3.99. The normalized spacial score (nSPS) is 12.9. The average molecular weight is 169 g/mol. The number of carboxylic acids is 1. The molecular weight excluding hydrogens is 154 g/mol. The van der Waals surface area contributed by atoms with Crippen LogP contribution in [0.4, 0.5) is 0 Å². The first-order chi connectivity index (χ1) is 5.61. The second-order valence-corrected chi connectivity index (χ2v) is 2.50. The van der Waals surface area contributed by atoms with Gasteiger partial charge in [0.05, 0.1) is 0 Å². The van der Waals surface area contributed by atoms with Crippen molar-refractivity contribution in [2.45, 2.75) is 20.3 Å². The van der Waals surface area contributed by atoms with E-state index in [-0.39, 0.29) is 5.70 Å². The minimum atomic E-state index is -0.933. The maximum absolute atomic E-state index is 10.5. The molecule has 0 saturated carbocycles. The Kier molecular flexibility index (Phi) is 4.84. The van der Waals surface area contributed by atoms with Gasteiger partial charge < -0.3 is 10.4 Å². The fraction of sp³-hybridized carbons (Fsp3) is 0.444. The molecule has 2 N–H and O–H groups in total. The van der Waals surface area contributed by atoms with E-state index in [2.05, 4.69) is 5.32 Å². The van der Waals surface area contributed by atoms with Gasteiger partial charge in [-0.1, -0.05) is 18.6 Å². The van der Waals surface area contributed by atoms with Crippen LogP contribution in [0.3, 0.4) is 0 Å². The van der Waals surface area contributed by atoms with Gasteiger partial charge in [-0.25, -0.2) is 4.79 Å². The van der Waals surface area contributed by atoms with Gasteiger partial charge in [-0.15, -0.1) is 0 Å². The third kappa shape index (κ3) is 3.81. The van der Waals surface area contributed by atoms with Crippen molar-refractivity contribution in [2.75, 3.05) is 7.05 Å². The third-order valence-electron chi connectivity index (χ3n) is 1.59. The molecule has 0 radical (unpaired) electrons. The van der Waals surface area contributed by atoms with Crippen LogP contribution in [0.15, 0.2) is 23.4 Å². The molecular formula is C9H15NO2. The lowest BCUT2D eigenvalue weighted by atomic mass is 10.2. The van der Waals surface area contributed by atoms with E-state index in [4.69, 9.17) is 5.11 Å². The van der Waals surface area contributed by atoms with E-state index in [9.17, 15) is 4.79 Å². The summed E-state index contributed by atoms with van der Waals surface area (Å²) in [5.41, 5.74) is 1.37. The number of carbonyl (C=O) groups is 1. The number of hydrogen-bond donors (Lipinski definition) is 2. The summed E-state index contributed by atoms with van der Waals surface area (Å²) in [7, 11) is 1.59. The van der Waals surface area contributed by atoms with Crippen LogP contribution in [-0.2, 0) is 4.79 Å². The molecule has 0 rings (SSSR count). The van der Waals surface area contributed by atoms with Gasteiger partial charge in [-0.2, -0.15) is 0 Å². The van der Waals surface area contributed by atoms with Crippen LogP contribution >= 0.6 is 0 Å². The van der Waals surface area contributed by atoms with Crippen molar-refractivity contribution in [3.8, 4) is 0 Å². The highest BCUT2D eigenvalue weighted by molar-refractivity contribution is 5.86. The van der Waals surface area contributed by atoms with Crippen molar-refractivity contribution >= 4 is 5.97 Å². The first-order valence-corrected chi connectivity index (χ1v) is 3.90. The molecule has 0 heterocycles. The van der Waals surface area contributed by atoms with Gasteiger partial charge in [0.1, 0.15) is 5.70 Å². The predicted octanol–water partition coefficient (Wildman–Crippen LogP) is 1.53. The van der Waals surface area contributed by atoms with Gasteiger partial charge >= 0.3 is 5.97 Å². The molecule has 3 nitrogen and oxygen atoms in total. The first kappa shape index (κ1) is 10.8. The first-order valence-electron chi connectivity index (χ1n) is 3.90. The van der Waals surface area contributed by atoms with E-state index >= 15 is 0 Å². The van der Waals surface area contributed by atoms with Crippen LogP contribution in [0.25, 0.3) is 0 Å². The largest absolute Gasteiger partial charge is 0.477 e. The second kappa shape index (κ2) is 5.41. The summed E-state index contributed by atoms with van der Waals surface area (Å²) >= 11 is 0. The quantitative estimate of drug-likeness (QED) is 0.495. The highest BCUT2D eigenvalue weighted by atomic mass is 16.4. The van der Waals surface area contributed by atoms with Crippen molar-refractivity contribution in [3.63, 3.8) is 0 Å². The van der Waals surface area contributed by atoms with E-state index in [1.54, 1.807) is 19.2 Å². The molecule has 0 aromatic heterocycles. The average Bonchev–Trinajstić information content (AvgIpc) is 2.04. The zero-order valence-corrected chi connectivity index (χ0v) is 7.72. The van der Waals surface area contributed by atoms with Crippen molar-refractivity contribution in [3.05, 3.63) is 23.4 Å². The molecule has 3 heteroatoms. The summed E-state index contributed by atoms with van der Waals surface area (Å²) in [6, 6.07) is 0. The lowest BCUT2D eigenvalue weighted by Gasteiger charge is -1.98. The monoisotopic (exact) mass is 169 g/mol. The lowest BCUT2D eigenvalue weighted by Crippen LogP contribution is -2.14. The van der Waals surface area contributed by atoms with Crippen molar-refractivity contribution in [1.29, 1.82) is 0 Å². The summed E-state index contributed by atoms with van der Waals surface area (Å²) < 4.78 is 0. The van der Waals surface area contributed by atoms with Gasteiger partial charge in [-0.3, -0.25) is 0 Å². The fourth-order valence-corrected chi connectivity index (χ4v) is 0.605. The molecule has 0 unspecified atom stereocenters. The van der Waals surface area contributed by atoms with E-state index in [1.807, 2.05) is 13.8 Å². The van der Waals surface area contributed by atoms with Crippen LogP contribution in [0.1, 0.15) is 20.3 Å². The minimum absolute atomic E-state index is 0.211. The van der Waals surface area contributed by atoms with Gasteiger partial charge in [0.25, 0.3) is 0 Å². The Morgan fingerprint density at radius 2 is 2.08 bits per heavy atom. The molecule has 0 aromatic carbocycles. The van der Waals surface area contributed by atoms with Crippen molar-refractivity contribution in [1.82, 2.24) is 5.32 Å².